The minimum Gasteiger partial charge on any atom is -0.311 e. The van der Waals surface area contributed by atoms with Crippen molar-refractivity contribution in [3.8, 4) is 0 Å². The molecule has 0 aromatic carbocycles. The van der Waals surface area contributed by atoms with Gasteiger partial charge in [0.25, 0.3) is 0 Å². The fourth-order valence-electron chi connectivity index (χ4n) is 3.43. The molecule has 1 N–H and O–H groups in total. The largest absolute Gasteiger partial charge is 0.311 e. The molecule has 112 valence electrons. The molecule has 0 spiro atoms. The van der Waals surface area contributed by atoms with Gasteiger partial charge in [0.05, 0.1) is 0 Å². The lowest BCUT2D eigenvalue weighted by atomic mass is 9.94. The number of nitrogens with zero attached hydrogens (tertiary/aromatic N) is 1. The van der Waals surface area contributed by atoms with E-state index < -0.39 is 0 Å². The lowest BCUT2D eigenvalue weighted by Gasteiger charge is -2.43. The van der Waals surface area contributed by atoms with Crippen molar-refractivity contribution in [1.29, 1.82) is 0 Å². The van der Waals surface area contributed by atoms with E-state index in [-0.39, 0.29) is 0 Å². The first-order valence-corrected chi connectivity index (χ1v) is 8.59. The normalized spacial score (nSPS) is 30.8. The number of hydrogen-bond acceptors (Lipinski definition) is 2. The molecule has 1 saturated heterocycles. The predicted molar refractivity (Wildman–Crippen MR) is 83.4 cm³/mol. The average Bonchev–Trinajstić information content (AvgIpc) is 3.21. The summed E-state index contributed by atoms with van der Waals surface area (Å²) in [5.41, 5.74) is 0. The molecule has 1 saturated carbocycles. The summed E-state index contributed by atoms with van der Waals surface area (Å²) in [4.78, 5) is 2.83. The minimum absolute atomic E-state index is 0.721. The van der Waals surface area contributed by atoms with Crippen molar-refractivity contribution < 1.29 is 0 Å². The van der Waals surface area contributed by atoms with E-state index in [1.165, 1.54) is 51.7 Å². The smallest absolute Gasteiger partial charge is 0.0249 e. The summed E-state index contributed by atoms with van der Waals surface area (Å²) in [6.45, 7) is 13.3. The summed E-state index contributed by atoms with van der Waals surface area (Å²) in [5.74, 6) is 2.67. The summed E-state index contributed by atoms with van der Waals surface area (Å²) in [6, 6.07) is 1.56. The van der Waals surface area contributed by atoms with E-state index in [1.54, 1.807) is 0 Å². The van der Waals surface area contributed by atoms with Gasteiger partial charge in [0.2, 0.25) is 0 Å². The van der Waals surface area contributed by atoms with E-state index in [4.69, 9.17) is 0 Å². The van der Waals surface area contributed by atoms with Crippen LogP contribution in [0.5, 0.6) is 0 Å². The second-order valence-electron chi connectivity index (χ2n) is 7.34. The van der Waals surface area contributed by atoms with Crippen LogP contribution in [-0.4, -0.2) is 36.6 Å². The second kappa shape index (κ2) is 7.08. The van der Waals surface area contributed by atoms with Gasteiger partial charge in [-0.1, -0.05) is 34.1 Å². The van der Waals surface area contributed by atoms with Gasteiger partial charge in [-0.15, -0.1) is 0 Å². The quantitative estimate of drug-likeness (QED) is 0.758. The Kier molecular flexibility index (Phi) is 5.70. The van der Waals surface area contributed by atoms with Gasteiger partial charge in [0.15, 0.2) is 0 Å². The van der Waals surface area contributed by atoms with Crippen LogP contribution in [0.15, 0.2) is 0 Å². The van der Waals surface area contributed by atoms with Crippen LogP contribution in [0.2, 0.25) is 0 Å². The molecule has 2 fully saturated rings. The van der Waals surface area contributed by atoms with Crippen molar-refractivity contribution in [3.63, 3.8) is 0 Å². The molecule has 1 aliphatic heterocycles. The fourth-order valence-corrected chi connectivity index (χ4v) is 3.43. The Balaban J connectivity index is 1.85. The summed E-state index contributed by atoms with van der Waals surface area (Å²) < 4.78 is 0. The standard InChI is InChI=1S/C17H34N2/c1-5-14(4)16-12-19(10-6-7-13(2)3)17(11-18-16)15-8-9-15/h13-18H,5-12H2,1-4H3. The molecule has 1 aliphatic carbocycles. The van der Waals surface area contributed by atoms with Gasteiger partial charge >= 0.3 is 0 Å². The van der Waals surface area contributed by atoms with Crippen molar-refractivity contribution in [2.75, 3.05) is 19.6 Å². The van der Waals surface area contributed by atoms with Crippen LogP contribution in [0.25, 0.3) is 0 Å². The van der Waals surface area contributed by atoms with Crippen LogP contribution >= 0.6 is 0 Å². The van der Waals surface area contributed by atoms with Crippen LogP contribution in [-0.2, 0) is 0 Å². The van der Waals surface area contributed by atoms with Gasteiger partial charge in [-0.05, 0) is 50.0 Å². The maximum atomic E-state index is 3.83. The van der Waals surface area contributed by atoms with Gasteiger partial charge in [0, 0.05) is 25.2 Å². The zero-order valence-electron chi connectivity index (χ0n) is 13.5. The van der Waals surface area contributed by atoms with E-state index in [0.717, 1.165) is 29.8 Å². The minimum atomic E-state index is 0.721. The maximum absolute atomic E-state index is 3.83. The maximum Gasteiger partial charge on any atom is 0.0249 e. The molecule has 0 aromatic heterocycles. The molecular formula is C17H34N2. The van der Waals surface area contributed by atoms with Gasteiger partial charge in [-0.3, -0.25) is 4.90 Å². The molecule has 0 aromatic rings. The Morgan fingerprint density at radius 1 is 1.21 bits per heavy atom. The van der Waals surface area contributed by atoms with Crippen molar-refractivity contribution in [1.82, 2.24) is 10.2 Å². The molecule has 0 amide bonds. The first-order chi connectivity index (χ1) is 9.11. The highest BCUT2D eigenvalue weighted by Crippen LogP contribution is 2.36. The Morgan fingerprint density at radius 3 is 2.53 bits per heavy atom. The molecular weight excluding hydrogens is 232 g/mol. The monoisotopic (exact) mass is 266 g/mol. The van der Waals surface area contributed by atoms with E-state index in [2.05, 4.69) is 37.9 Å². The van der Waals surface area contributed by atoms with Crippen molar-refractivity contribution >= 4 is 0 Å². The molecule has 2 aliphatic rings. The lowest BCUT2D eigenvalue weighted by molar-refractivity contribution is 0.0933. The molecule has 3 unspecified atom stereocenters. The third kappa shape index (κ3) is 4.46. The van der Waals surface area contributed by atoms with Crippen molar-refractivity contribution in [2.24, 2.45) is 17.8 Å². The predicted octanol–water partition coefficient (Wildman–Crippen LogP) is 3.52. The van der Waals surface area contributed by atoms with E-state index in [9.17, 15) is 0 Å². The molecule has 19 heavy (non-hydrogen) atoms. The van der Waals surface area contributed by atoms with Crippen LogP contribution in [0.1, 0.15) is 59.8 Å². The number of rotatable bonds is 7. The summed E-state index contributed by atoms with van der Waals surface area (Å²) >= 11 is 0. The van der Waals surface area contributed by atoms with Gasteiger partial charge in [0.1, 0.15) is 0 Å². The summed E-state index contributed by atoms with van der Waals surface area (Å²) in [5, 5.41) is 3.83. The second-order valence-corrected chi connectivity index (χ2v) is 7.34. The third-order valence-electron chi connectivity index (χ3n) is 5.21. The van der Waals surface area contributed by atoms with E-state index in [1.807, 2.05) is 0 Å². The Hall–Kier alpha value is -0.0800. The Labute approximate surface area is 120 Å². The Bertz CT molecular complexity index is 260. The van der Waals surface area contributed by atoms with Crippen molar-refractivity contribution in [3.05, 3.63) is 0 Å². The highest BCUT2D eigenvalue weighted by molar-refractivity contribution is 4.95. The van der Waals surface area contributed by atoms with E-state index >= 15 is 0 Å². The SMILES string of the molecule is CCC(C)C1CN(CCCC(C)C)C(C2CC2)CN1. The van der Waals surface area contributed by atoms with Gasteiger partial charge in [-0.25, -0.2) is 0 Å². The zero-order valence-corrected chi connectivity index (χ0v) is 13.5. The first-order valence-electron chi connectivity index (χ1n) is 8.59. The topological polar surface area (TPSA) is 15.3 Å². The van der Waals surface area contributed by atoms with Crippen LogP contribution < -0.4 is 5.32 Å². The highest BCUT2D eigenvalue weighted by Gasteiger charge is 2.39. The van der Waals surface area contributed by atoms with Gasteiger partial charge in [-0.2, -0.15) is 0 Å². The van der Waals surface area contributed by atoms with Crippen LogP contribution in [0.4, 0.5) is 0 Å². The molecule has 2 nitrogen and oxygen atoms in total. The molecule has 2 heteroatoms. The summed E-state index contributed by atoms with van der Waals surface area (Å²) in [7, 11) is 0. The molecule has 3 atom stereocenters. The average molecular weight is 266 g/mol. The fraction of sp³-hybridized carbons (Fsp3) is 1.00. The summed E-state index contributed by atoms with van der Waals surface area (Å²) in [6.07, 6.45) is 7.01. The number of piperazine rings is 1. The third-order valence-corrected chi connectivity index (χ3v) is 5.21. The number of nitrogens with one attached hydrogen (secondary N) is 1. The lowest BCUT2D eigenvalue weighted by Crippen LogP contribution is -2.59. The van der Waals surface area contributed by atoms with Crippen LogP contribution in [0, 0.1) is 17.8 Å². The van der Waals surface area contributed by atoms with Crippen LogP contribution in [0.3, 0.4) is 0 Å². The van der Waals surface area contributed by atoms with E-state index in [0.29, 0.717) is 0 Å². The first kappa shape index (κ1) is 15.3. The number of hydrogen-bond donors (Lipinski definition) is 1. The highest BCUT2D eigenvalue weighted by atomic mass is 15.2. The Morgan fingerprint density at radius 2 is 1.95 bits per heavy atom. The molecule has 2 rings (SSSR count). The molecule has 0 bridgehead atoms. The van der Waals surface area contributed by atoms with Crippen molar-refractivity contribution in [2.45, 2.75) is 71.9 Å². The molecule has 1 heterocycles. The molecule has 0 radical (unpaired) electrons. The zero-order chi connectivity index (χ0) is 13.8. The van der Waals surface area contributed by atoms with Gasteiger partial charge < -0.3 is 5.32 Å².